The third-order valence-corrected chi connectivity index (χ3v) is 7.12. The fraction of sp³-hybridized carbons (Fsp3) is 0. The molecular weight excluding hydrogens is 442 g/mol. The Morgan fingerprint density at radius 3 is 2.50 bits per heavy atom. The van der Waals surface area contributed by atoms with E-state index in [2.05, 4.69) is 94.5 Å². The number of aromatic nitrogens is 3. The Morgan fingerprint density at radius 1 is 0.611 bits per heavy atom. The molecule has 4 heterocycles. The molecule has 0 radical (unpaired) electrons. The number of fused-ring (bicyclic) bond motifs is 8. The van der Waals surface area contributed by atoms with Gasteiger partial charge in [0.05, 0.1) is 33.7 Å². The van der Waals surface area contributed by atoms with E-state index in [1.807, 2.05) is 24.5 Å². The second-order valence-electron chi connectivity index (χ2n) is 9.14. The van der Waals surface area contributed by atoms with Crippen LogP contribution < -0.4 is 0 Å². The lowest BCUT2D eigenvalue weighted by Crippen LogP contribution is -1.94. The number of nitrogens with zero attached hydrogens (tertiary/aromatic N) is 3. The third kappa shape index (κ3) is 2.70. The summed E-state index contributed by atoms with van der Waals surface area (Å²) < 4.78 is 8.25. The first-order chi connectivity index (χ1) is 17.8. The maximum absolute atomic E-state index is 5.93. The molecule has 8 rings (SSSR count). The van der Waals surface area contributed by atoms with Crippen LogP contribution >= 0.6 is 0 Å². The van der Waals surface area contributed by atoms with Crippen LogP contribution in [0.5, 0.6) is 0 Å². The molecule has 0 fully saturated rings. The zero-order valence-corrected chi connectivity index (χ0v) is 19.2. The standard InChI is InChI=1S/C32H19N3O/c1-2-9-27-26(8-1)29-28(13-12-21-14-16-36-32(21)29)35(27)25-7-3-5-22(18-25)24-17-23-11-10-20-6-4-15-33-30(20)31(23)34-19-24/h1-19H. The monoisotopic (exact) mass is 461 g/mol. The van der Waals surface area contributed by atoms with Crippen LogP contribution in [0.1, 0.15) is 0 Å². The van der Waals surface area contributed by atoms with Gasteiger partial charge in [-0.1, -0.05) is 48.5 Å². The summed E-state index contributed by atoms with van der Waals surface area (Å²) in [5.74, 6) is 0. The van der Waals surface area contributed by atoms with Crippen molar-refractivity contribution in [2.45, 2.75) is 0 Å². The summed E-state index contributed by atoms with van der Waals surface area (Å²) in [6.07, 6.45) is 5.54. The van der Waals surface area contributed by atoms with E-state index in [0.29, 0.717) is 0 Å². The van der Waals surface area contributed by atoms with Gasteiger partial charge >= 0.3 is 0 Å². The zero-order chi connectivity index (χ0) is 23.6. The molecule has 0 saturated carbocycles. The van der Waals surface area contributed by atoms with Gasteiger partial charge in [0.2, 0.25) is 0 Å². The molecule has 0 aliphatic carbocycles. The van der Waals surface area contributed by atoms with Gasteiger partial charge in [0.1, 0.15) is 5.58 Å². The van der Waals surface area contributed by atoms with E-state index in [4.69, 9.17) is 9.40 Å². The van der Waals surface area contributed by atoms with Crippen LogP contribution in [0.3, 0.4) is 0 Å². The molecule has 4 aromatic heterocycles. The van der Waals surface area contributed by atoms with Crippen molar-refractivity contribution >= 4 is 54.6 Å². The summed E-state index contributed by atoms with van der Waals surface area (Å²) in [4.78, 5) is 9.39. The lowest BCUT2D eigenvalue weighted by atomic mass is 10.0. The Balaban J connectivity index is 1.35. The molecule has 4 heteroatoms. The summed E-state index contributed by atoms with van der Waals surface area (Å²) in [5, 5.41) is 5.63. The quantitative estimate of drug-likeness (QED) is 0.243. The van der Waals surface area contributed by atoms with E-state index in [1.165, 1.54) is 5.39 Å². The Kier molecular flexibility index (Phi) is 3.91. The van der Waals surface area contributed by atoms with Gasteiger partial charge in [-0.05, 0) is 54.1 Å². The Labute approximate surface area is 206 Å². The van der Waals surface area contributed by atoms with E-state index in [-0.39, 0.29) is 0 Å². The van der Waals surface area contributed by atoms with Crippen LogP contribution in [-0.4, -0.2) is 14.5 Å². The fourth-order valence-electron chi connectivity index (χ4n) is 5.48. The average Bonchev–Trinajstić information content (AvgIpc) is 3.55. The van der Waals surface area contributed by atoms with E-state index >= 15 is 0 Å². The molecular formula is C32H19N3O. The SMILES string of the molecule is c1cc(-c2cnc3c(ccc4cccnc43)c2)cc(-n2c3ccccc3c3c4occc4ccc32)c1. The summed E-state index contributed by atoms with van der Waals surface area (Å²) in [6, 6.07) is 34.0. The molecule has 0 unspecified atom stereocenters. The minimum absolute atomic E-state index is 0.929. The second-order valence-corrected chi connectivity index (χ2v) is 9.14. The van der Waals surface area contributed by atoms with Gasteiger partial charge in [0.15, 0.2) is 0 Å². The van der Waals surface area contributed by atoms with Crippen molar-refractivity contribution in [1.82, 2.24) is 14.5 Å². The summed E-state index contributed by atoms with van der Waals surface area (Å²) in [6.45, 7) is 0. The van der Waals surface area contributed by atoms with Crippen LogP contribution in [0.15, 0.2) is 120 Å². The van der Waals surface area contributed by atoms with Crippen molar-refractivity contribution in [2.75, 3.05) is 0 Å². The van der Waals surface area contributed by atoms with Gasteiger partial charge in [-0.15, -0.1) is 0 Å². The predicted molar refractivity (Wildman–Crippen MR) is 147 cm³/mol. The van der Waals surface area contributed by atoms with Crippen molar-refractivity contribution in [1.29, 1.82) is 0 Å². The number of furan rings is 1. The summed E-state index contributed by atoms with van der Waals surface area (Å²) in [5.41, 5.74) is 8.38. The van der Waals surface area contributed by atoms with Crippen LogP contribution in [0.4, 0.5) is 0 Å². The first-order valence-electron chi connectivity index (χ1n) is 12.0. The lowest BCUT2D eigenvalue weighted by Gasteiger charge is -2.11. The molecule has 0 atom stereocenters. The Bertz CT molecular complexity index is 2120. The van der Waals surface area contributed by atoms with E-state index in [1.54, 1.807) is 6.26 Å². The maximum atomic E-state index is 5.93. The molecule has 0 aliphatic rings. The second kappa shape index (κ2) is 7.27. The van der Waals surface area contributed by atoms with Gasteiger partial charge in [0.25, 0.3) is 0 Å². The molecule has 0 spiro atoms. The fourth-order valence-corrected chi connectivity index (χ4v) is 5.48. The molecule has 168 valence electrons. The van der Waals surface area contributed by atoms with Crippen molar-refractivity contribution in [3.05, 3.63) is 116 Å². The predicted octanol–water partition coefficient (Wildman–Crippen LogP) is 8.29. The Morgan fingerprint density at radius 2 is 1.50 bits per heavy atom. The van der Waals surface area contributed by atoms with Crippen LogP contribution in [-0.2, 0) is 0 Å². The van der Waals surface area contributed by atoms with Gasteiger partial charge in [0, 0.05) is 45.2 Å². The summed E-state index contributed by atoms with van der Waals surface area (Å²) in [7, 11) is 0. The minimum Gasteiger partial charge on any atom is -0.464 e. The minimum atomic E-state index is 0.929. The topological polar surface area (TPSA) is 43.9 Å². The number of pyridine rings is 2. The van der Waals surface area contributed by atoms with Gasteiger partial charge in [-0.2, -0.15) is 0 Å². The highest BCUT2D eigenvalue weighted by molar-refractivity contribution is 6.19. The molecule has 0 bridgehead atoms. The van der Waals surface area contributed by atoms with Crippen molar-refractivity contribution in [2.24, 2.45) is 0 Å². The molecule has 36 heavy (non-hydrogen) atoms. The third-order valence-electron chi connectivity index (χ3n) is 7.12. The van der Waals surface area contributed by atoms with Crippen LogP contribution in [0.2, 0.25) is 0 Å². The average molecular weight is 462 g/mol. The van der Waals surface area contributed by atoms with Gasteiger partial charge < -0.3 is 8.98 Å². The Hall–Kier alpha value is -4.96. The number of benzene rings is 4. The molecule has 4 nitrogen and oxygen atoms in total. The number of hydrogen-bond acceptors (Lipinski definition) is 3. The number of para-hydroxylation sites is 1. The number of hydrogen-bond donors (Lipinski definition) is 0. The largest absolute Gasteiger partial charge is 0.464 e. The van der Waals surface area contributed by atoms with Crippen molar-refractivity contribution < 1.29 is 4.42 Å². The molecule has 0 amide bonds. The highest BCUT2D eigenvalue weighted by Gasteiger charge is 2.16. The zero-order valence-electron chi connectivity index (χ0n) is 19.2. The smallest absolute Gasteiger partial charge is 0.143 e. The summed E-state index contributed by atoms with van der Waals surface area (Å²) >= 11 is 0. The van der Waals surface area contributed by atoms with Gasteiger partial charge in [-0.3, -0.25) is 9.97 Å². The van der Waals surface area contributed by atoms with Gasteiger partial charge in [-0.25, -0.2) is 0 Å². The van der Waals surface area contributed by atoms with E-state index < -0.39 is 0 Å². The maximum Gasteiger partial charge on any atom is 0.143 e. The van der Waals surface area contributed by atoms with Crippen molar-refractivity contribution in [3.8, 4) is 16.8 Å². The van der Waals surface area contributed by atoms with Crippen molar-refractivity contribution in [3.63, 3.8) is 0 Å². The molecule has 0 saturated heterocycles. The lowest BCUT2D eigenvalue weighted by molar-refractivity contribution is 0.619. The first-order valence-corrected chi connectivity index (χ1v) is 12.0. The normalized spacial score (nSPS) is 11.9. The molecule has 0 aliphatic heterocycles. The number of rotatable bonds is 2. The van der Waals surface area contributed by atoms with E-state index in [0.717, 1.165) is 66.0 Å². The molecule has 4 aromatic carbocycles. The van der Waals surface area contributed by atoms with E-state index in [9.17, 15) is 0 Å². The van der Waals surface area contributed by atoms with Crippen LogP contribution in [0.25, 0.3) is 71.4 Å². The first kappa shape index (κ1) is 19.4. The highest BCUT2D eigenvalue weighted by atomic mass is 16.3. The highest BCUT2D eigenvalue weighted by Crippen LogP contribution is 2.38. The molecule has 8 aromatic rings. The van der Waals surface area contributed by atoms with Crippen LogP contribution in [0, 0.1) is 0 Å². The molecule has 0 N–H and O–H groups in total.